The average Bonchev–Trinajstić information content (AvgIpc) is 2.58. The van der Waals surface area contributed by atoms with Crippen LogP contribution in [0, 0.1) is 10.1 Å². The standard InChI is InChI=1S/C17H20N2O4/c1-22-16-7-6-13(11-17(16)23-2)8-9-18-12-14-4-3-5-15(10-14)19(20)21/h3-7,10-11,18H,8-9,12H2,1-2H3. The zero-order valence-electron chi connectivity index (χ0n) is 13.2. The van der Waals surface area contributed by atoms with Crippen molar-refractivity contribution in [2.24, 2.45) is 0 Å². The summed E-state index contributed by atoms with van der Waals surface area (Å²) >= 11 is 0. The van der Waals surface area contributed by atoms with Crippen molar-refractivity contribution in [2.75, 3.05) is 20.8 Å². The maximum absolute atomic E-state index is 10.7. The van der Waals surface area contributed by atoms with Crippen LogP contribution in [0.5, 0.6) is 11.5 Å². The summed E-state index contributed by atoms with van der Waals surface area (Å²) in [5.74, 6) is 1.42. The third kappa shape index (κ3) is 4.69. The van der Waals surface area contributed by atoms with Gasteiger partial charge in [-0.1, -0.05) is 18.2 Å². The average molecular weight is 316 g/mol. The quantitative estimate of drug-likeness (QED) is 0.460. The van der Waals surface area contributed by atoms with E-state index >= 15 is 0 Å². The molecule has 0 unspecified atom stereocenters. The van der Waals surface area contributed by atoms with Crippen LogP contribution in [0.25, 0.3) is 0 Å². The third-order valence-corrected chi connectivity index (χ3v) is 3.49. The molecule has 6 nitrogen and oxygen atoms in total. The van der Waals surface area contributed by atoms with Gasteiger partial charge in [0.1, 0.15) is 0 Å². The van der Waals surface area contributed by atoms with Crippen molar-refractivity contribution in [3.05, 3.63) is 63.7 Å². The fraction of sp³-hybridized carbons (Fsp3) is 0.294. The summed E-state index contributed by atoms with van der Waals surface area (Å²) in [4.78, 5) is 10.4. The van der Waals surface area contributed by atoms with Crippen molar-refractivity contribution in [3.63, 3.8) is 0 Å². The molecule has 122 valence electrons. The lowest BCUT2D eigenvalue weighted by molar-refractivity contribution is -0.384. The molecule has 0 saturated carbocycles. The molecular weight excluding hydrogens is 296 g/mol. The Morgan fingerprint density at radius 1 is 1.04 bits per heavy atom. The lowest BCUT2D eigenvalue weighted by atomic mass is 10.1. The van der Waals surface area contributed by atoms with E-state index in [1.807, 2.05) is 24.3 Å². The topological polar surface area (TPSA) is 73.6 Å². The molecule has 0 bridgehead atoms. The van der Waals surface area contributed by atoms with E-state index < -0.39 is 0 Å². The highest BCUT2D eigenvalue weighted by molar-refractivity contribution is 5.43. The van der Waals surface area contributed by atoms with Gasteiger partial charge in [0.15, 0.2) is 11.5 Å². The third-order valence-electron chi connectivity index (χ3n) is 3.49. The van der Waals surface area contributed by atoms with Crippen LogP contribution >= 0.6 is 0 Å². The Morgan fingerprint density at radius 3 is 2.52 bits per heavy atom. The van der Waals surface area contributed by atoms with Crippen molar-refractivity contribution in [1.29, 1.82) is 0 Å². The van der Waals surface area contributed by atoms with Gasteiger partial charge >= 0.3 is 0 Å². The van der Waals surface area contributed by atoms with Crippen molar-refractivity contribution in [3.8, 4) is 11.5 Å². The lowest BCUT2D eigenvalue weighted by Gasteiger charge is -2.10. The van der Waals surface area contributed by atoms with E-state index in [1.165, 1.54) is 6.07 Å². The minimum atomic E-state index is -0.382. The molecule has 1 N–H and O–H groups in total. The van der Waals surface area contributed by atoms with Gasteiger partial charge in [0, 0.05) is 18.7 Å². The first-order chi connectivity index (χ1) is 11.1. The number of non-ortho nitro benzene ring substituents is 1. The Balaban J connectivity index is 1.86. The van der Waals surface area contributed by atoms with Gasteiger partial charge in [-0.25, -0.2) is 0 Å². The summed E-state index contributed by atoms with van der Waals surface area (Å²) in [7, 11) is 3.22. The van der Waals surface area contributed by atoms with Gasteiger partial charge < -0.3 is 14.8 Å². The fourth-order valence-electron chi connectivity index (χ4n) is 2.28. The van der Waals surface area contributed by atoms with Crippen LogP contribution < -0.4 is 14.8 Å². The molecule has 0 aromatic heterocycles. The summed E-state index contributed by atoms with van der Waals surface area (Å²) in [6, 6.07) is 12.5. The summed E-state index contributed by atoms with van der Waals surface area (Å²) < 4.78 is 10.5. The first kappa shape index (κ1) is 16.8. The van der Waals surface area contributed by atoms with Crippen molar-refractivity contribution in [2.45, 2.75) is 13.0 Å². The number of methoxy groups -OCH3 is 2. The Bertz CT molecular complexity index is 673. The Labute approximate surface area is 135 Å². The molecule has 0 aliphatic rings. The molecular formula is C17H20N2O4. The maximum atomic E-state index is 10.7. The molecule has 0 heterocycles. The molecule has 6 heteroatoms. The summed E-state index contributed by atoms with van der Waals surface area (Å²) in [6.45, 7) is 1.35. The van der Waals surface area contributed by atoms with Gasteiger partial charge in [-0.3, -0.25) is 10.1 Å². The minimum absolute atomic E-state index is 0.115. The molecule has 2 aromatic carbocycles. The van der Waals surface area contributed by atoms with Gasteiger partial charge in [-0.05, 0) is 36.2 Å². The van der Waals surface area contributed by atoms with Crippen LogP contribution in [-0.2, 0) is 13.0 Å². The van der Waals surface area contributed by atoms with E-state index in [0.717, 1.165) is 24.1 Å². The molecule has 0 saturated heterocycles. The number of nitro benzene ring substituents is 1. The van der Waals surface area contributed by atoms with Gasteiger partial charge in [0.2, 0.25) is 0 Å². The largest absolute Gasteiger partial charge is 0.493 e. The van der Waals surface area contributed by atoms with Crippen LogP contribution in [0.4, 0.5) is 5.69 Å². The number of nitrogens with zero attached hydrogens (tertiary/aromatic N) is 1. The van der Waals surface area contributed by atoms with E-state index in [-0.39, 0.29) is 10.6 Å². The minimum Gasteiger partial charge on any atom is -0.493 e. The molecule has 0 fully saturated rings. The highest BCUT2D eigenvalue weighted by atomic mass is 16.6. The smallest absolute Gasteiger partial charge is 0.269 e. The zero-order valence-corrected chi connectivity index (χ0v) is 13.2. The Kier molecular flexibility index (Phi) is 5.94. The van der Waals surface area contributed by atoms with E-state index in [0.29, 0.717) is 18.0 Å². The molecule has 0 spiro atoms. The van der Waals surface area contributed by atoms with Crippen LogP contribution in [0.3, 0.4) is 0 Å². The van der Waals surface area contributed by atoms with Crippen molar-refractivity contribution in [1.82, 2.24) is 5.32 Å². The van der Waals surface area contributed by atoms with Gasteiger partial charge in [0.25, 0.3) is 5.69 Å². The molecule has 0 atom stereocenters. The normalized spacial score (nSPS) is 10.3. The molecule has 0 radical (unpaired) electrons. The van der Waals surface area contributed by atoms with Gasteiger partial charge in [-0.15, -0.1) is 0 Å². The second kappa shape index (κ2) is 8.14. The van der Waals surface area contributed by atoms with Crippen LogP contribution in [-0.4, -0.2) is 25.7 Å². The SMILES string of the molecule is COc1ccc(CCNCc2cccc([N+](=O)[O-])c2)cc1OC. The predicted molar refractivity (Wildman–Crippen MR) is 88.1 cm³/mol. The summed E-state index contributed by atoms with van der Waals surface area (Å²) in [5.41, 5.74) is 2.14. The Morgan fingerprint density at radius 2 is 1.83 bits per heavy atom. The number of rotatable bonds is 8. The van der Waals surface area contributed by atoms with Crippen LogP contribution in [0.15, 0.2) is 42.5 Å². The zero-order chi connectivity index (χ0) is 16.7. The van der Waals surface area contributed by atoms with Crippen LogP contribution in [0.1, 0.15) is 11.1 Å². The van der Waals surface area contributed by atoms with E-state index in [4.69, 9.17) is 9.47 Å². The first-order valence-corrected chi connectivity index (χ1v) is 7.29. The molecule has 2 rings (SSSR count). The molecule has 0 aliphatic carbocycles. The molecule has 0 aliphatic heterocycles. The van der Waals surface area contributed by atoms with Gasteiger partial charge in [0.05, 0.1) is 19.1 Å². The maximum Gasteiger partial charge on any atom is 0.269 e. The number of nitro groups is 1. The molecule has 2 aromatic rings. The number of nitrogens with one attached hydrogen (secondary N) is 1. The summed E-state index contributed by atoms with van der Waals surface area (Å²) in [5, 5.41) is 14.0. The number of benzene rings is 2. The highest BCUT2D eigenvalue weighted by Crippen LogP contribution is 2.27. The van der Waals surface area contributed by atoms with E-state index in [1.54, 1.807) is 26.4 Å². The van der Waals surface area contributed by atoms with Crippen LogP contribution in [0.2, 0.25) is 0 Å². The monoisotopic (exact) mass is 316 g/mol. The second-order valence-corrected chi connectivity index (χ2v) is 5.04. The van der Waals surface area contributed by atoms with Crippen molar-refractivity contribution >= 4 is 5.69 Å². The number of ether oxygens (including phenoxy) is 2. The lowest BCUT2D eigenvalue weighted by Crippen LogP contribution is -2.16. The van der Waals surface area contributed by atoms with E-state index in [9.17, 15) is 10.1 Å². The Hall–Kier alpha value is -2.60. The predicted octanol–water partition coefficient (Wildman–Crippen LogP) is 2.94. The first-order valence-electron chi connectivity index (χ1n) is 7.29. The summed E-state index contributed by atoms with van der Waals surface area (Å²) in [6.07, 6.45) is 0.829. The highest BCUT2D eigenvalue weighted by Gasteiger charge is 2.06. The number of hydrogen-bond donors (Lipinski definition) is 1. The second-order valence-electron chi connectivity index (χ2n) is 5.04. The van der Waals surface area contributed by atoms with Gasteiger partial charge in [-0.2, -0.15) is 0 Å². The number of hydrogen-bond acceptors (Lipinski definition) is 5. The van der Waals surface area contributed by atoms with Crippen molar-refractivity contribution < 1.29 is 14.4 Å². The molecule has 23 heavy (non-hydrogen) atoms. The molecule has 0 amide bonds. The fourth-order valence-corrected chi connectivity index (χ4v) is 2.28. The van der Waals surface area contributed by atoms with E-state index in [2.05, 4.69) is 5.32 Å².